The van der Waals surface area contributed by atoms with Gasteiger partial charge in [-0.2, -0.15) is 0 Å². The van der Waals surface area contributed by atoms with Crippen molar-refractivity contribution in [3.8, 4) is 5.75 Å². The number of amides is 2. The monoisotopic (exact) mass is 324 g/mol. The summed E-state index contributed by atoms with van der Waals surface area (Å²) < 4.78 is 5.52. The Labute approximate surface area is 135 Å². The van der Waals surface area contributed by atoms with Crippen LogP contribution < -0.4 is 10.1 Å². The van der Waals surface area contributed by atoms with Gasteiger partial charge < -0.3 is 15.0 Å². The van der Waals surface area contributed by atoms with E-state index in [2.05, 4.69) is 5.32 Å². The third-order valence-corrected chi connectivity index (χ3v) is 4.04. The molecule has 0 spiro atoms. The molecule has 0 aliphatic carbocycles. The SMILES string of the molecule is CC(=O)N1CCC(NC(=O)COc2ccc(Cl)cc2C)CC1. The lowest BCUT2D eigenvalue weighted by molar-refractivity contribution is -0.130. The van der Waals surface area contributed by atoms with Crippen LogP contribution in [0.25, 0.3) is 0 Å². The largest absolute Gasteiger partial charge is 0.484 e. The van der Waals surface area contributed by atoms with E-state index in [0.29, 0.717) is 23.9 Å². The van der Waals surface area contributed by atoms with E-state index in [9.17, 15) is 9.59 Å². The van der Waals surface area contributed by atoms with E-state index >= 15 is 0 Å². The van der Waals surface area contributed by atoms with Gasteiger partial charge in [-0.05, 0) is 43.5 Å². The van der Waals surface area contributed by atoms with Crippen molar-refractivity contribution in [2.45, 2.75) is 32.7 Å². The van der Waals surface area contributed by atoms with Crippen LogP contribution in [0.5, 0.6) is 5.75 Å². The summed E-state index contributed by atoms with van der Waals surface area (Å²) in [6, 6.07) is 5.40. The molecule has 1 heterocycles. The summed E-state index contributed by atoms with van der Waals surface area (Å²) in [5, 5.41) is 3.60. The number of hydrogen-bond acceptors (Lipinski definition) is 3. The lowest BCUT2D eigenvalue weighted by atomic mass is 10.1. The normalized spacial score (nSPS) is 15.5. The van der Waals surface area contributed by atoms with Crippen molar-refractivity contribution < 1.29 is 14.3 Å². The fourth-order valence-electron chi connectivity index (χ4n) is 2.53. The topological polar surface area (TPSA) is 58.6 Å². The number of hydrogen-bond donors (Lipinski definition) is 1. The van der Waals surface area contributed by atoms with Crippen LogP contribution >= 0.6 is 11.6 Å². The van der Waals surface area contributed by atoms with Crippen LogP contribution in [0.1, 0.15) is 25.3 Å². The Morgan fingerprint density at radius 1 is 1.36 bits per heavy atom. The molecular formula is C16H21ClN2O3. The predicted molar refractivity (Wildman–Crippen MR) is 85.1 cm³/mol. The van der Waals surface area contributed by atoms with Gasteiger partial charge >= 0.3 is 0 Å². The number of carbonyl (C=O) groups is 2. The first-order valence-electron chi connectivity index (χ1n) is 7.39. The number of aryl methyl sites for hydroxylation is 1. The maximum absolute atomic E-state index is 11.9. The highest BCUT2D eigenvalue weighted by Crippen LogP contribution is 2.21. The molecule has 0 aromatic heterocycles. The van der Waals surface area contributed by atoms with Crippen molar-refractivity contribution in [3.05, 3.63) is 28.8 Å². The molecule has 0 saturated carbocycles. The molecule has 2 amide bonds. The van der Waals surface area contributed by atoms with Crippen molar-refractivity contribution in [2.24, 2.45) is 0 Å². The Hall–Kier alpha value is -1.75. The number of piperidine rings is 1. The van der Waals surface area contributed by atoms with Crippen molar-refractivity contribution >= 4 is 23.4 Å². The fraction of sp³-hybridized carbons (Fsp3) is 0.500. The summed E-state index contributed by atoms with van der Waals surface area (Å²) in [5.41, 5.74) is 0.898. The minimum Gasteiger partial charge on any atom is -0.484 e. The van der Waals surface area contributed by atoms with Gasteiger partial charge in [0.05, 0.1) is 0 Å². The lowest BCUT2D eigenvalue weighted by Gasteiger charge is -2.31. The van der Waals surface area contributed by atoms with Crippen molar-refractivity contribution in [3.63, 3.8) is 0 Å². The summed E-state index contributed by atoms with van der Waals surface area (Å²) in [6.07, 6.45) is 1.57. The summed E-state index contributed by atoms with van der Waals surface area (Å²) in [4.78, 5) is 25.0. The van der Waals surface area contributed by atoms with E-state index in [1.165, 1.54) is 0 Å². The first-order valence-corrected chi connectivity index (χ1v) is 7.77. The van der Waals surface area contributed by atoms with E-state index in [1.807, 2.05) is 6.92 Å². The van der Waals surface area contributed by atoms with Crippen LogP contribution in [0.4, 0.5) is 0 Å². The molecule has 6 heteroatoms. The zero-order valence-electron chi connectivity index (χ0n) is 12.9. The second-order valence-corrected chi connectivity index (χ2v) is 5.98. The molecule has 0 bridgehead atoms. The Morgan fingerprint density at radius 2 is 2.05 bits per heavy atom. The molecule has 0 unspecified atom stereocenters. The Bertz CT molecular complexity index is 554. The molecule has 5 nitrogen and oxygen atoms in total. The molecule has 22 heavy (non-hydrogen) atoms. The molecule has 1 aliphatic heterocycles. The summed E-state index contributed by atoms with van der Waals surface area (Å²) >= 11 is 5.88. The molecule has 0 atom stereocenters. The molecule has 1 aromatic carbocycles. The van der Waals surface area contributed by atoms with Crippen molar-refractivity contribution in [1.82, 2.24) is 10.2 Å². The number of ether oxygens (including phenoxy) is 1. The van der Waals surface area contributed by atoms with Crippen molar-refractivity contribution in [1.29, 1.82) is 0 Å². The number of rotatable bonds is 4. The van der Waals surface area contributed by atoms with Gasteiger partial charge in [0.1, 0.15) is 5.75 Å². The zero-order valence-corrected chi connectivity index (χ0v) is 13.7. The van der Waals surface area contributed by atoms with Crippen LogP contribution in [0.15, 0.2) is 18.2 Å². The molecule has 1 aliphatic rings. The van der Waals surface area contributed by atoms with Gasteiger partial charge in [0.2, 0.25) is 5.91 Å². The minimum atomic E-state index is -0.143. The number of benzene rings is 1. The molecule has 0 radical (unpaired) electrons. The second-order valence-electron chi connectivity index (χ2n) is 5.55. The Kier molecular flexibility index (Phi) is 5.66. The van der Waals surface area contributed by atoms with Crippen LogP contribution in [0.3, 0.4) is 0 Å². The molecule has 2 rings (SSSR count). The first-order chi connectivity index (χ1) is 10.5. The number of nitrogens with zero attached hydrogens (tertiary/aromatic N) is 1. The molecular weight excluding hydrogens is 304 g/mol. The van der Waals surface area contributed by atoms with Crippen molar-refractivity contribution in [2.75, 3.05) is 19.7 Å². The van der Waals surface area contributed by atoms with E-state index in [1.54, 1.807) is 30.0 Å². The number of halogens is 1. The maximum Gasteiger partial charge on any atom is 0.258 e. The molecule has 120 valence electrons. The van der Waals surface area contributed by atoms with Gasteiger partial charge in [-0.25, -0.2) is 0 Å². The Morgan fingerprint density at radius 3 is 2.64 bits per heavy atom. The molecule has 1 saturated heterocycles. The quantitative estimate of drug-likeness (QED) is 0.923. The number of nitrogens with one attached hydrogen (secondary N) is 1. The average molecular weight is 325 g/mol. The minimum absolute atomic E-state index is 0.0185. The van der Waals surface area contributed by atoms with Crippen LogP contribution in [0.2, 0.25) is 5.02 Å². The third-order valence-electron chi connectivity index (χ3n) is 3.80. The predicted octanol–water partition coefficient (Wildman–Crippen LogP) is 2.15. The summed E-state index contributed by atoms with van der Waals surface area (Å²) in [6.45, 7) is 4.82. The van der Waals surface area contributed by atoms with Gasteiger partial charge in [-0.1, -0.05) is 11.6 Å². The van der Waals surface area contributed by atoms with E-state index in [4.69, 9.17) is 16.3 Å². The van der Waals surface area contributed by atoms with Gasteiger partial charge in [0, 0.05) is 31.1 Å². The number of likely N-dealkylation sites (tertiary alicyclic amines) is 1. The number of carbonyl (C=O) groups excluding carboxylic acids is 2. The second kappa shape index (κ2) is 7.49. The van der Waals surface area contributed by atoms with Gasteiger partial charge in [-0.3, -0.25) is 9.59 Å². The van der Waals surface area contributed by atoms with E-state index < -0.39 is 0 Å². The molecule has 1 fully saturated rings. The fourth-order valence-corrected chi connectivity index (χ4v) is 2.75. The van der Waals surface area contributed by atoms with Crippen LogP contribution in [-0.4, -0.2) is 42.5 Å². The summed E-state index contributed by atoms with van der Waals surface area (Å²) in [5.74, 6) is 0.605. The standard InChI is InChI=1S/C16H21ClN2O3/c1-11-9-13(17)3-4-15(11)22-10-16(21)18-14-5-7-19(8-6-14)12(2)20/h3-4,9,14H,5-8,10H2,1-2H3,(H,18,21). The van der Waals surface area contributed by atoms with Gasteiger partial charge in [0.15, 0.2) is 6.61 Å². The first kappa shape index (κ1) is 16.6. The highest BCUT2D eigenvalue weighted by molar-refractivity contribution is 6.30. The van der Waals surface area contributed by atoms with E-state index in [-0.39, 0.29) is 24.5 Å². The summed E-state index contributed by atoms with van der Waals surface area (Å²) in [7, 11) is 0. The maximum atomic E-state index is 11.9. The smallest absolute Gasteiger partial charge is 0.258 e. The zero-order chi connectivity index (χ0) is 16.1. The average Bonchev–Trinajstić information content (AvgIpc) is 2.47. The van der Waals surface area contributed by atoms with Crippen LogP contribution in [-0.2, 0) is 9.59 Å². The highest BCUT2D eigenvalue weighted by Gasteiger charge is 2.22. The third kappa shape index (κ3) is 4.63. The Balaban J connectivity index is 1.75. The van der Waals surface area contributed by atoms with Gasteiger partial charge in [-0.15, -0.1) is 0 Å². The molecule has 1 aromatic rings. The highest BCUT2D eigenvalue weighted by atomic mass is 35.5. The molecule has 1 N–H and O–H groups in total. The van der Waals surface area contributed by atoms with E-state index in [0.717, 1.165) is 18.4 Å². The van der Waals surface area contributed by atoms with Gasteiger partial charge in [0.25, 0.3) is 5.91 Å². The van der Waals surface area contributed by atoms with Crippen LogP contribution in [0, 0.1) is 6.92 Å². The lowest BCUT2D eigenvalue weighted by Crippen LogP contribution is -2.47.